The maximum absolute atomic E-state index is 5.74. The smallest absolute Gasteiger partial charge is 0.148 e. The summed E-state index contributed by atoms with van der Waals surface area (Å²) in [6.45, 7) is 2.50. The Hall–Kier alpha value is -2.63. The Balaban J connectivity index is 1.88. The lowest BCUT2D eigenvalue weighted by molar-refractivity contribution is 1.08. The quantitative estimate of drug-likeness (QED) is 0.663. The highest BCUT2D eigenvalue weighted by Gasteiger charge is 2.06. The van der Waals surface area contributed by atoms with Crippen LogP contribution in [0.1, 0.15) is 11.3 Å². The molecule has 6 nitrogen and oxygen atoms in total. The molecule has 0 amide bonds. The van der Waals surface area contributed by atoms with Crippen molar-refractivity contribution in [3.8, 4) is 0 Å². The van der Waals surface area contributed by atoms with Gasteiger partial charge >= 0.3 is 0 Å². The Morgan fingerprint density at radius 3 is 2.63 bits per heavy atom. The Morgan fingerprint density at radius 1 is 1.21 bits per heavy atom. The van der Waals surface area contributed by atoms with Crippen molar-refractivity contribution in [3.05, 3.63) is 41.7 Å². The van der Waals surface area contributed by atoms with Crippen molar-refractivity contribution < 1.29 is 0 Å². The predicted molar refractivity (Wildman–Crippen MR) is 74.6 cm³/mol. The van der Waals surface area contributed by atoms with E-state index in [4.69, 9.17) is 5.73 Å². The van der Waals surface area contributed by atoms with E-state index in [1.807, 2.05) is 31.2 Å². The van der Waals surface area contributed by atoms with Crippen LogP contribution in [0.25, 0.3) is 11.0 Å². The number of aryl methyl sites for hydroxylation is 1. The lowest BCUT2D eigenvalue weighted by Gasteiger charge is -2.08. The number of fused-ring (bicyclic) bond motifs is 1. The van der Waals surface area contributed by atoms with Gasteiger partial charge in [0.1, 0.15) is 11.6 Å². The third-order valence-corrected chi connectivity index (χ3v) is 2.94. The van der Waals surface area contributed by atoms with Crippen molar-refractivity contribution >= 4 is 22.7 Å². The molecule has 19 heavy (non-hydrogen) atoms. The lowest BCUT2D eigenvalue weighted by atomic mass is 10.3. The maximum Gasteiger partial charge on any atom is 0.148 e. The third-order valence-electron chi connectivity index (χ3n) is 2.94. The number of hydrogen-bond donors (Lipinski definition) is 3. The summed E-state index contributed by atoms with van der Waals surface area (Å²) in [5, 5.41) is 9.82. The Labute approximate surface area is 110 Å². The minimum absolute atomic E-state index is 0.566. The first-order valence-corrected chi connectivity index (χ1v) is 5.99. The molecule has 96 valence electrons. The molecule has 0 fully saturated rings. The fourth-order valence-electron chi connectivity index (χ4n) is 1.90. The molecular weight excluding hydrogens is 240 g/mol. The number of anilines is 2. The molecule has 0 saturated heterocycles. The van der Waals surface area contributed by atoms with Gasteiger partial charge in [-0.3, -0.25) is 5.10 Å². The van der Waals surface area contributed by atoms with Crippen molar-refractivity contribution in [2.75, 3.05) is 11.1 Å². The molecular formula is C13H14N6. The third kappa shape index (κ3) is 2.20. The SMILES string of the molecule is Cc1nc2ccccc2nc1NCc1cn[nH]c1N. The van der Waals surface area contributed by atoms with Crippen LogP contribution in [-0.2, 0) is 6.54 Å². The number of H-pyrrole nitrogens is 1. The van der Waals surface area contributed by atoms with Crippen molar-refractivity contribution in [2.45, 2.75) is 13.5 Å². The van der Waals surface area contributed by atoms with E-state index in [1.54, 1.807) is 6.20 Å². The molecule has 2 aromatic heterocycles. The average molecular weight is 254 g/mol. The number of nitrogens with one attached hydrogen (secondary N) is 2. The molecule has 0 aliphatic heterocycles. The summed E-state index contributed by atoms with van der Waals surface area (Å²) in [6, 6.07) is 7.80. The van der Waals surface area contributed by atoms with Crippen LogP contribution >= 0.6 is 0 Å². The number of aromatic amines is 1. The fourth-order valence-corrected chi connectivity index (χ4v) is 1.90. The minimum atomic E-state index is 0.566. The highest BCUT2D eigenvalue weighted by atomic mass is 15.1. The van der Waals surface area contributed by atoms with Gasteiger partial charge in [-0.25, -0.2) is 9.97 Å². The number of nitrogens with two attached hydrogens (primary N) is 1. The Kier molecular flexibility index (Phi) is 2.75. The van der Waals surface area contributed by atoms with Crippen LogP contribution in [0, 0.1) is 6.92 Å². The molecule has 0 aliphatic rings. The van der Waals surface area contributed by atoms with E-state index in [1.165, 1.54) is 0 Å². The van der Waals surface area contributed by atoms with Gasteiger partial charge in [0, 0.05) is 12.1 Å². The number of rotatable bonds is 3. The Morgan fingerprint density at radius 2 is 1.95 bits per heavy atom. The van der Waals surface area contributed by atoms with Gasteiger partial charge in [-0.2, -0.15) is 5.10 Å². The summed E-state index contributed by atoms with van der Waals surface area (Å²) < 4.78 is 0. The van der Waals surface area contributed by atoms with Crippen molar-refractivity contribution in [2.24, 2.45) is 0 Å². The lowest BCUT2D eigenvalue weighted by Crippen LogP contribution is -2.05. The largest absolute Gasteiger partial charge is 0.384 e. The summed E-state index contributed by atoms with van der Waals surface area (Å²) in [5.41, 5.74) is 9.28. The molecule has 0 atom stereocenters. The summed E-state index contributed by atoms with van der Waals surface area (Å²) in [5.74, 6) is 1.33. The second-order valence-electron chi connectivity index (χ2n) is 4.31. The van der Waals surface area contributed by atoms with Crippen molar-refractivity contribution in [1.82, 2.24) is 20.2 Å². The van der Waals surface area contributed by atoms with E-state index < -0.39 is 0 Å². The summed E-state index contributed by atoms with van der Waals surface area (Å²) >= 11 is 0. The first-order chi connectivity index (χ1) is 9.24. The van der Waals surface area contributed by atoms with Crippen LogP contribution in [0.4, 0.5) is 11.6 Å². The second kappa shape index (κ2) is 4.56. The molecule has 0 spiro atoms. The van der Waals surface area contributed by atoms with Crippen LogP contribution in [0.5, 0.6) is 0 Å². The fraction of sp³-hybridized carbons (Fsp3) is 0.154. The molecule has 2 heterocycles. The van der Waals surface area contributed by atoms with Gasteiger partial charge < -0.3 is 11.1 Å². The predicted octanol–water partition coefficient (Wildman–Crippen LogP) is 1.86. The van der Waals surface area contributed by atoms with Crippen molar-refractivity contribution in [3.63, 3.8) is 0 Å². The number of aromatic nitrogens is 4. The summed E-state index contributed by atoms with van der Waals surface area (Å²) in [4.78, 5) is 9.08. The molecule has 3 rings (SSSR count). The molecule has 0 radical (unpaired) electrons. The van der Waals surface area contributed by atoms with E-state index in [0.717, 1.165) is 28.1 Å². The maximum atomic E-state index is 5.74. The van der Waals surface area contributed by atoms with E-state index in [2.05, 4.69) is 25.5 Å². The zero-order chi connectivity index (χ0) is 13.2. The van der Waals surface area contributed by atoms with Gasteiger partial charge in [0.15, 0.2) is 0 Å². The first kappa shape index (κ1) is 11.5. The van der Waals surface area contributed by atoms with Gasteiger partial charge in [-0.15, -0.1) is 0 Å². The number of nitrogen functional groups attached to an aromatic ring is 1. The number of para-hydroxylation sites is 2. The number of benzene rings is 1. The van der Waals surface area contributed by atoms with Gasteiger partial charge in [-0.1, -0.05) is 12.1 Å². The van der Waals surface area contributed by atoms with Crippen LogP contribution in [0.2, 0.25) is 0 Å². The van der Waals surface area contributed by atoms with Crippen LogP contribution in [0.15, 0.2) is 30.5 Å². The molecule has 0 bridgehead atoms. The number of nitrogens with zero attached hydrogens (tertiary/aromatic N) is 3. The summed E-state index contributed by atoms with van der Waals surface area (Å²) in [6.07, 6.45) is 1.70. The highest BCUT2D eigenvalue weighted by Crippen LogP contribution is 2.17. The first-order valence-electron chi connectivity index (χ1n) is 5.99. The monoisotopic (exact) mass is 254 g/mol. The van der Waals surface area contributed by atoms with Crippen molar-refractivity contribution in [1.29, 1.82) is 0 Å². The van der Waals surface area contributed by atoms with Gasteiger partial charge in [0.05, 0.1) is 22.9 Å². The molecule has 1 aromatic carbocycles. The standard InChI is InChI=1S/C13H14N6/c1-8-13(15-6-9-7-16-19-12(9)14)18-11-5-3-2-4-10(11)17-8/h2-5,7H,6H2,1H3,(H,15,18)(H3,14,16,19). The second-order valence-corrected chi connectivity index (χ2v) is 4.31. The van der Waals surface area contributed by atoms with Crippen LogP contribution in [0.3, 0.4) is 0 Å². The minimum Gasteiger partial charge on any atom is -0.384 e. The molecule has 4 N–H and O–H groups in total. The van der Waals surface area contributed by atoms with E-state index >= 15 is 0 Å². The molecule has 0 unspecified atom stereocenters. The zero-order valence-electron chi connectivity index (χ0n) is 10.5. The van der Waals surface area contributed by atoms with Gasteiger partial charge in [0.2, 0.25) is 0 Å². The van der Waals surface area contributed by atoms with Gasteiger partial charge in [0.25, 0.3) is 0 Å². The Bertz CT molecular complexity index is 718. The van der Waals surface area contributed by atoms with E-state index in [0.29, 0.717) is 12.4 Å². The molecule has 3 aromatic rings. The molecule has 0 saturated carbocycles. The summed E-state index contributed by atoms with van der Waals surface area (Å²) in [7, 11) is 0. The number of hydrogen-bond acceptors (Lipinski definition) is 5. The average Bonchev–Trinajstić information content (AvgIpc) is 2.82. The molecule has 6 heteroatoms. The highest BCUT2D eigenvalue weighted by molar-refractivity contribution is 5.76. The van der Waals surface area contributed by atoms with Crippen LogP contribution in [-0.4, -0.2) is 20.2 Å². The van der Waals surface area contributed by atoms with Crippen LogP contribution < -0.4 is 11.1 Å². The normalized spacial score (nSPS) is 10.8. The topological polar surface area (TPSA) is 92.5 Å². The van der Waals surface area contributed by atoms with E-state index in [9.17, 15) is 0 Å². The van der Waals surface area contributed by atoms with Gasteiger partial charge in [-0.05, 0) is 19.1 Å². The zero-order valence-corrected chi connectivity index (χ0v) is 10.5. The molecule has 0 aliphatic carbocycles. The van der Waals surface area contributed by atoms with E-state index in [-0.39, 0.29) is 0 Å².